The fourth-order valence-electron chi connectivity index (χ4n) is 3.17. The van der Waals surface area contributed by atoms with Crippen molar-refractivity contribution in [1.82, 2.24) is 0 Å². The highest BCUT2D eigenvalue weighted by Gasteiger charge is 2.16. The van der Waals surface area contributed by atoms with Crippen molar-refractivity contribution in [2.45, 2.75) is 6.42 Å². The van der Waals surface area contributed by atoms with Crippen molar-refractivity contribution < 1.29 is 38.0 Å². The molecule has 0 unspecified atom stereocenters. The first-order valence-electron chi connectivity index (χ1n) is 9.93. The molecule has 0 spiro atoms. The fraction of sp³-hybridized carbons (Fsp3) is 0.280. The average molecular weight is 456 g/mol. The first-order chi connectivity index (χ1) is 15.9. The number of benzene rings is 2. The summed E-state index contributed by atoms with van der Waals surface area (Å²) in [5.74, 6) is 1.96. The van der Waals surface area contributed by atoms with Gasteiger partial charge in [0.1, 0.15) is 0 Å². The molecule has 0 bridgehead atoms. The molecule has 8 nitrogen and oxygen atoms in total. The van der Waals surface area contributed by atoms with E-state index >= 15 is 0 Å². The summed E-state index contributed by atoms with van der Waals surface area (Å²) in [4.78, 5) is 24.6. The van der Waals surface area contributed by atoms with E-state index in [1.165, 1.54) is 54.8 Å². The number of carbonyl (C=O) groups excluding carboxylic acids is 2. The minimum absolute atomic E-state index is 0.293. The molecule has 0 atom stereocenters. The molecular weight excluding hydrogens is 428 g/mol. The molecule has 0 saturated heterocycles. The summed E-state index contributed by atoms with van der Waals surface area (Å²) in [6, 6.07) is 6.87. The quantitative estimate of drug-likeness (QED) is 0.350. The topological polar surface area (TPSA) is 89.5 Å². The van der Waals surface area contributed by atoms with E-state index in [4.69, 9.17) is 28.4 Å². The van der Waals surface area contributed by atoms with Crippen molar-refractivity contribution in [1.29, 1.82) is 0 Å². The molecule has 0 aliphatic rings. The van der Waals surface area contributed by atoms with Crippen LogP contribution in [0.2, 0.25) is 0 Å². The molecule has 2 aromatic rings. The second-order valence-electron chi connectivity index (χ2n) is 6.62. The minimum atomic E-state index is -0.360. The smallest absolute Gasteiger partial charge is 0.203 e. The Labute approximate surface area is 193 Å². The Kier molecular flexibility index (Phi) is 9.35. The summed E-state index contributed by atoms with van der Waals surface area (Å²) < 4.78 is 31.9. The predicted octanol–water partition coefficient (Wildman–Crippen LogP) is 3.99. The van der Waals surface area contributed by atoms with E-state index in [9.17, 15) is 9.59 Å². The first-order valence-corrected chi connectivity index (χ1v) is 9.93. The highest BCUT2D eigenvalue weighted by atomic mass is 16.5. The van der Waals surface area contributed by atoms with Gasteiger partial charge < -0.3 is 28.4 Å². The summed E-state index contributed by atoms with van der Waals surface area (Å²) in [5, 5.41) is 0. The lowest BCUT2D eigenvalue weighted by Crippen LogP contribution is -2.02. The summed E-state index contributed by atoms with van der Waals surface area (Å²) in [7, 11) is 9.02. The summed E-state index contributed by atoms with van der Waals surface area (Å²) in [6.07, 6.45) is 5.49. The van der Waals surface area contributed by atoms with E-state index in [0.29, 0.717) is 45.6 Å². The van der Waals surface area contributed by atoms with Gasteiger partial charge in [-0.15, -0.1) is 0 Å². The molecule has 33 heavy (non-hydrogen) atoms. The molecule has 0 fully saturated rings. The molecule has 0 aliphatic heterocycles. The molecule has 0 N–H and O–H groups in total. The van der Waals surface area contributed by atoms with Crippen molar-refractivity contribution in [2.75, 3.05) is 42.7 Å². The van der Waals surface area contributed by atoms with Gasteiger partial charge in [0.25, 0.3) is 0 Å². The second kappa shape index (κ2) is 12.2. The van der Waals surface area contributed by atoms with Crippen LogP contribution in [0.1, 0.15) is 17.5 Å². The van der Waals surface area contributed by atoms with Gasteiger partial charge in [-0.25, -0.2) is 0 Å². The monoisotopic (exact) mass is 456 g/mol. The van der Waals surface area contributed by atoms with E-state index in [1.807, 2.05) is 0 Å². The van der Waals surface area contributed by atoms with Gasteiger partial charge in [-0.2, -0.15) is 0 Å². The lowest BCUT2D eigenvalue weighted by Gasteiger charge is -2.14. The van der Waals surface area contributed by atoms with Crippen LogP contribution in [0.15, 0.2) is 36.4 Å². The van der Waals surface area contributed by atoms with Crippen LogP contribution in [0.3, 0.4) is 0 Å². The van der Waals surface area contributed by atoms with Crippen molar-refractivity contribution in [3.63, 3.8) is 0 Å². The lowest BCUT2D eigenvalue weighted by atomic mass is 10.1. The van der Waals surface area contributed by atoms with Gasteiger partial charge >= 0.3 is 0 Å². The molecule has 0 heterocycles. The van der Waals surface area contributed by atoms with E-state index in [0.717, 1.165) is 0 Å². The SMILES string of the molecule is COc1ccc(C=CC(=O)CC(=O)C=Cc2ccc(OC)c(OC)c2OC)c(OC)c1OC. The third kappa shape index (κ3) is 6.06. The molecule has 0 amide bonds. The van der Waals surface area contributed by atoms with Crippen LogP contribution in [-0.2, 0) is 9.59 Å². The maximum absolute atomic E-state index is 12.3. The van der Waals surface area contributed by atoms with Crippen molar-refractivity contribution in [3.8, 4) is 34.5 Å². The first kappa shape index (κ1) is 25.3. The van der Waals surface area contributed by atoms with Gasteiger partial charge in [0.05, 0.1) is 49.1 Å². The van der Waals surface area contributed by atoms with Gasteiger partial charge in [-0.1, -0.05) is 0 Å². The van der Waals surface area contributed by atoms with E-state index in [1.54, 1.807) is 36.4 Å². The maximum Gasteiger partial charge on any atom is 0.203 e. The Balaban J connectivity index is 2.14. The van der Waals surface area contributed by atoms with E-state index in [-0.39, 0.29) is 18.0 Å². The zero-order valence-corrected chi connectivity index (χ0v) is 19.6. The third-order valence-corrected chi connectivity index (χ3v) is 4.72. The normalized spacial score (nSPS) is 10.8. The van der Waals surface area contributed by atoms with Gasteiger partial charge in [0.15, 0.2) is 34.6 Å². The number of hydrogen-bond donors (Lipinski definition) is 0. The number of allylic oxidation sites excluding steroid dienone is 2. The van der Waals surface area contributed by atoms with Crippen LogP contribution < -0.4 is 28.4 Å². The van der Waals surface area contributed by atoms with Crippen LogP contribution in [-0.4, -0.2) is 54.2 Å². The predicted molar refractivity (Wildman–Crippen MR) is 125 cm³/mol. The number of carbonyl (C=O) groups is 2. The second-order valence-corrected chi connectivity index (χ2v) is 6.62. The molecule has 0 aliphatic carbocycles. The minimum Gasteiger partial charge on any atom is -0.493 e. The molecule has 2 rings (SSSR count). The molecule has 0 saturated carbocycles. The Morgan fingerprint density at radius 1 is 0.576 bits per heavy atom. The van der Waals surface area contributed by atoms with Crippen LogP contribution >= 0.6 is 0 Å². The summed E-state index contributed by atoms with van der Waals surface area (Å²) in [5.41, 5.74) is 1.23. The number of ether oxygens (including phenoxy) is 6. The van der Waals surface area contributed by atoms with E-state index < -0.39 is 0 Å². The van der Waals surface area contributed by atoms with Crippen molar-refractivity contribution in [3.05, 3.63) is 47.5 Å². The molecule has 0 aromatic heterocycles. The standard InChI is InChI=1S/C25H28O8/c1-28-20-13-9-16(22(30-3)24(20)32-5)7-11-18(26)15-19(27)12-8-17-10-14-21(29-2)25(33-6)23(17)31-4/h7-14H,15H2,1-6H3. The lowest BCUT2D eigenvalue weighted by molar-refractivity contribution is -0.121. The van der Waals surface area contributed by atoms with Crippen LogP contribution in [0, 0.1) is 0 Å². The van der Waals surface area contributed by atoms with Gasteiger partial charge in [0, 0.05) is 11.1 Å². The number of hydrogen-bond acceptors (Lipinski definition) is 8. The van der Waals surface area contributed by atoms with Crippen LogP contribution in [0.4, 0.5) is 0 Å². The van der Waals surface area contributed by atoms with Gasteiger partial charge in [0.2, 0.25) is 11.5 Å². The van der Waals surface area contributed by atoms with Crippen LogP contribution in [0.25, 0.3) is 12.2 Å². The third-order valence-electron chi connectivity index (χ3n) is 4.72. The molecule has 2 aromatic carbocycles. The average Bonchev–Trinajstić information content (AvgIpc) is 2.84. The Morgan fingerprint density at radius 2 is 0.939 bits per heavy atom. The Morgan fingerprint density at radius 3 is 1.24 bits per heavy atom. The van der Waals surface area contributed by atoms with Crippen LogP contribution in [0.5, 0.6) is 34.5 Å². The fourth-order valence-corrected chi connectivity index (χ4v) is 3.17. The summed E-state index contributed by atoms with van der Waals surface area (Å²) in [6.45, 7) is 0. The Bertz CT molecular complexity index is 969. The molecule has 8 heteroatoms. The van der Waals surface area contributed by atoms with Gasteiger partial charge in [-0.05, 0) is 48.6 Å². The van der Waals surface area contributed by atoms with Crippen molar-refractivity contribution >= 4 is 23.7 Å². The largest absolute Gasteiger partial charge is 0.493 e. The van der Waals surface area contributed by atoms with Crippen molar-refractivity contribution in [2.24, 2.45) is 0 Å². The Hall–Kier alpha value is -3.94. The molecule has 0 radical (unpaired) electrons. The zero-order valence-electron chi connectivity index (χ0n) is 19.6. The molecular formula is C25H28O8. The number of ketones is 2. The van der Waals surface area contributed by atoms with Gasteiger partial charge in [-0.3, -0.25) is 9.59 Å². The maximum atomic E-state index is 12.3. The molecule has 176 valence electrons. The highest BCUT2D eigenvalue weighted by molar-refractivity contribution is 6.11. The summed E-state index contributed by atoms with van der Waals surface area (Å²) >= 11 is 0. The number of methoxy groups -OCH3 is 6. The zero-order chi connectivity index (χ0) is 24.4. The van der Waals surface area contributed by atoms with E-state index in [2.05, 4.69) is 0 Å². The highest BCUT2D eigenvalue weighted by Crippen LogP contribution is 2.41. The number of rotatable bonds is 12.